The van der Waals surface area contributed by atoms with E-state index < -0.39 is 11.2 Å². The predicted molar refractivity (Wildman–Crippen MR) is 80.2 cm³/mol. The summed E-state index contributed by atoms with van der Waals surface area (Å²) >= 11 is 5.92. The second kappa shape index (κ2) is 5.81. The topological polar surface area (TPSA) is 62.7 Å². The first-order valence-electron chi connectivity index (χ1n) is 7.01. The van der Waals surface area contributed by atoms with Gasteiger partial charge in [0.15, 0.2) is 0 Å². The standard InChI is InChI=1S/C15H21ClN2O3/c1-14(2,3)21-13(19)18-6-4-15(20,5-7-18)11-8-12(16)10-17-9-11/h8-10,20H,4-7H2,1-3H3. The summed E-state index contributed by atoms with van der Waals surface area (Å²) in [6.07, 6.45) is 3.69. The molecule has 0 aromatic carbocycles. The van der Waals surface area contributed by atoms with Crippen molar-refractivity contribution in [2.45, 2.75) is 44.8 Å². The first kappa shape index (κ1) is 16.0. The zero-order valence-electron chi connectivity index (χ0n) is 12.6. The van der Waals surface area contributed by atoms with Gasteiger partial charge in [0.1, 0.15) is 5.60 Å². The van der Waals surface area contributed by atoms with E-state index in [0.717, 1.165) is 0 Å². The minimum Gasteiger partial charge on any atom is -0.444 e. The highest BCUT2D eigenvalue weighted by Gasteiger charge is 2.37. The monoisotopic (exact) mass is 312 g/mol. The third-order valence-electron chi connectivity index (χ3n) is 3.48. The van der Waals surface area contributed by atoms with E-state index in [4.69, 9.17) is 16.3 Å². The quantitative estimate of drug-likeness (QED) is 0.866. The Morgan fingerprint density at radius 1 is 1.38 bits per heavy atom. The lowest BCUT2D eigenvalue weighted by atomic mass is 9.85. The number of pyridine rings is 1. The third-order valence-corrected chi connectivity index (χ3v) is 3.69. The number of carbonyl (C=O) groups excluding carboxylic acids is 1. The van der Waals surface area contributed by atoms with Crippen LogP contribution in [0.4, 0.5) is 4.79 Å². The number of halogens is 1. The molecule has 0 radical (unpaired) electrons. The van der Waals surface area contributed by atoms with Crippen LogP contribution in [0.3, 0.4) is 0 Å². The number of hydrogen-bond donors (Lipinski definition) is 1. The van der Waals surface area contributed by atoms with Crippen molar-refractivity contribution < 1.29 is 14.6 Å². The van der Waals surface area contributed by atoms with Gasteiger partial charge in [-0.2, -0.15) is 0 Å². The molecule has 0 bridgehead atoms. The molecule has 5 nitrogen and oxygen atoms in total. The van der Waals surface area contributed by atoms with Gasteiger partial charge in [0.05, 0.1) is 10.6 Å². The summed E-state index contributed by atoms with van der Waals surface area (Å²) in [6.45, 7) is 6.39. The molecule has 1 aromatic heterocycles. The number of aromatic nitrogens is 1. The first-order valence-corrected chi connectivity index (χ1v) is 7.39. The molecule has 0 atom stereocenters. The van der Waals surface area contributed by atoms with Crippen molar-refractivity contribution in [3.05, 3.63) is 29.0 Å². The van der Waals surface area contributed by atoms with Crippen molar-refractivity contribution in [2.24, 2.45) is 0 Å². The molecule has 0 aliphatic carbocycles. The Kier molecular flexibility index (Phi) is 4.44. The number of rotatable bonds is 1. The lowest BCUT2D eigenvalue weighted by Crippen LogP contribution is -2.46. The minimum atomic E-state index is -0.990. The van der Waals surface area contributed by atoms with Crippen LogP contribution in [-0.2, 0) is 10.3 Å². The van der Waals surface area contributed by atoms with Crippen LogP contribution in [0.5, 0.6) is 0 Å². The fourth-order valence-electron chi connectivity index (χ4n) is 2.34. The number of carbonyl (C=O) groups is 1. The molecule has 0 spiro atoms. The number of hydrogen-bond acceptors (Lipinski definition) is 4. The van der Waals surface area contributed by atoms with Crippen LogP contribution in [0.1, 0.15) is 39.2 Å². The van der Waals surface area contributed by atoms with Crippen molar-refractivity contribution in [3.63, 3.8) is 0 Å². The van der Waals surface area contributed by atoms with Gasteiger partial charge < -0.3 is 14.7 Å². The lowest BCUT2D eigenvalue weighted by Gasteiger charge is -2.38. The molecule has 1 aromatic rings. The number of amides is 1. The molecule has 116 valence electrons. The van der Waals surface area contributed by atoms with Crippen molar-refractivity contribution in [2.75, 3.05) is 13.1 Å². The van der Waals surface area contributed by atoms with Gasteiger partial charge in [0.25, 0.3) is 0 Å². The highest BCUT2D eigenvalue weighted by atomic mass is 35.5. The van der Waals surface area contributed by atoms with Gasteiger partial charge in [0, 0.05) is 31.0 Å². The summed E-state index contributed by atoms with van der Waals surface area (Å²) in [5.41, 5.74) is -0.808. The average molecular weight is 313 g/mol. The molecule has 1 aliphatic heterocycles. The highest BCUT2D eigenvalue weighted by Crippen LogP contribution is 2.33. The van der Waals surface area contributed by atoms with E-state index in [2.05, 4.69) is 4.98 Å². The van der Waals surface area contributed by atoms with E-state index in [9.17, 15) is 9.90 Å². The van der Waals surface area contributed by atoms with Crippen molar-refractivity contribution in [1.29, 1.82) is 0 Å². The highest BCUT2D eigenvalue weighted by molar-refractivity contribution is 6.30. The fraction of sp³-hybridized carbons (Fsp3) is 0.600. The second-order valence-corrected chi connectivity index (χ2v) is 6.83. The Morgan fingerprint density at radius 3 is 2.52 bits per heavy atom. The summed E-state index contributed by atoms with van der Waals surface area (Å²) in [5, 5.41) is 11.2. The molecule has 1 amide bonds. The molecule has 1 saturated heterocycles. The molecular formula is C15H21ClN2O3. The largest absolute Gasteiger partial charge is 0.444 e. The lowest BCUT2D eigenvalue weighted by molar-refractivity contribution is -0.0358. The van der Waals surface area contributed by atoms with Gasteiger partial charge in [-0.1, -0.05) is 11.6 Å². The normalized spacial score (nSPS) is 18.4. The predicted octanol–water partition coefficient (Wildman–Crippen LogP) is 2.95. The van der Waals surface area contributed by atoms with Gasteiger partial charge in [-0.25, -0.2) is 4.79 Å². The fourth-order valence-corrected chi connectivity index (χ4v) is 2.51. The van der Waals surface area contributed by atoms with Crippen LogP contribution >= 0.6 is 11.6 Å². The summed E-state index contributed by atoms with van der Waals surface area (Å²) in [5.74, 6) is 0. The Hall–Kier alpha value is -1.33. The summed E-state index contributed by atoms with van der Waals surface area (Å²) in [7, 11) is 0. The Morgan fingerprint density at radius 2 is 2.00 bits per heavy atom. The maximum absolute atomic E-state index is 12.0. The van der Waals surface area contributed by atoms with Crippen LogP contribution < -0.4 is 0 Å². The molecule has 1 fully saturated rings. The van der Waals surface area contributed by atoms with Crippen molar-refractivity contribution in [1.82, 2.24) is 9.88 Å². The van der Waals surface area contributed by atoms with E-state index in [-0.39, 0.29) is 6.09 Å². The van der Waals surface area contributed by atoms with E-state index >= 15 is 0 Å². The minimum absolute atomic E-state index is 0.339. The van der Waals surface area contributed by atoms with Gasteiger partial charge in [0.2, 0.25) is 0 Å². The number of piperidine rings is 1. The molecule has 1 N–H and O–H groups in total. The number of likely N-dealkylation sites (tertiary alicyclic amines) is 1. The Balaban J connectivity index is 2.01. The zero-order valence-corrected chi connectivity index (χ0v) is 13.4. The van der Waals surface area contributed by atoms with Gasteiger partial charge in [-0.3, -0.25) is 4.98 Å². The maximum Gasteiger partial charge on any atom is 0.410 e. The molecule has 2 heterocycles. The average Bonchev–Trinajstić information content (AvgIpc) is 2.37. The maximum atomic E-state index is 12.0. The molecule has 1 aliphatic rings. The van der Waals surface area contributed by atoms with Crippen LogP contribution in [0.25, 0.3) is 0 Å². The Bertz CT molecular complexity index is 520. The molecule has 0 saturated carbocycles. The van der Waals surface area contributed by atoms with Crippen molar-refractivity contribution in [3.8, 4) is 0 Å². The molecular weight excluding hydrogens is 292 g/mol. The van der Waals surface area contributed by atoms with E-state index in [1.54, 1.807) is 17.2 Å². The summed E-state index contributed by atoms with van der Waals surface area (Å²) in [6, 6.07) is 1.72. The molecule has 0 unspecified atom stereocenters. The van der Waals surface area contributed by atoms with Gasteiger partial charge >= 0.3 is 6.09 Å². The van der Waals surface area contributed by atoms with Crippen LogP contribution in [0.2, 0.25) is 5.02 Å². The molecule has 2 rings (SSSR count). The summed E-state index contributed by atoms with van der Waals surface area (Å²) in [4.78, 5) is 17.6. The summed E-state index contributed by atoms with van der Waals surface area (Å²) < 4.78 is 5.34. The van der Waals surface area contributed by atoms with Gasteiger partial charge in [-0.15, -0.1) is 0 Å². The molecule has 21 heavy (non-hydrogen) atoms. The van der Waals surface area contributed by atoms with E-state index in [1.807, 2.05) is 20.8 Å². The SMILES string of the molecule is CC(C)(C)OC(=O)N1CCC(O)(c2cncc(Cl)c2)CC1. The Labute approximate surface area is 129 Å². The molecule has 6 heteroatoms. The zero-order chi connectivity index (χ0) is 15.7. The smallest absolute Gasteiger partial charge is 0.410 e. The number of ether oxygens (including phenoxy) is 1. The number of aliphatic hydroxyl groups is 1. The van der Waals surface area contributed by atoms with E-state index in [0.29, 0.717) is 36.5 Å². The third kappa shape index (κ3) is 4.08. The van der Waals surface area contributed by atoms with Crippen molar-refractivity contribution >= 4 is 17.7 Å². The van der Waals surface area contributed by atoms with Crippen LogP contribution in [-0.4, -0.2) is 39.8 Å². The van der Waals surface area contributed by atoms with E-state index in [1.165, 1.54) is 6.20 Å². The van der Waals surface area contributed by atoms with Gasteiger partial charge in [-0.05, 0) is 39.7 Å². The second-order valence-electron chi connectivity index (χ2n) is 6.39. The van der Waals surface area contributed by atoms with Crippen LogP contribution in [0.15, 0.2) is 18.5 Å². The first-order chi connectivity index (χ1) is 9.70. The number of nitrogens with zero attached hydrogens (tertiary/aromatic N) is 2. The van der Waals surface area contributed by atoms with Crippen LogP contribution in [0, 0.1) is 0 Å².